The van der Waals surface area contributed by atoms with E-state index in [1.807, 2.05) is 36.4 Å². The fraction of sp³-hybridized carbons (Fsp3) is 0.200. The maximum atomic E-state index is 11.5. The monoisotopic (exact) mass is 540 g/mol. The molecule has 0 aliphatic carbocycles. The number of amides is 2. The third-order valence-electron chi connectivity index (χ3n) is 3.81. The molecule has 160 valence electrons. The summed E-state index contributed by atoms with van der Waals surface area (Å²) in [6.45, 7) is 0.287. The van der Waals surface area contributed by atoms with Crippen molar-refractivity contribution < 1.29 is 14.3 Å². The lowest BCUT2D eigenvalue weighted by Gasteiger charge is -2.14. The van der Waals surface area contributed by atoms with Crippen LogP contribution < -0.4 is 16.3 Å². The Labute approximate surface area is 190 Å². The van der Waals surface area contributed by atoms with Gasteiger partial charge < -0.3 is 25.1 Å². The number of H-pyrrole nitrogens is 1. The molecular weight excluding hydrogens is 520 g/mol. The number of urea groups is 1. The van der Waals surface area contributed by atoms with Gasteiger partial charge in [0.05, 0.1) is 12.2 Å². The molecular formula is C20H22Br2N4O4. The normalized spacial score (nSPS) is 10.3. The van der Waals surface area contributed by atoms with Crippen LogP contribution in [0.1, 0.15) is 0 Å². The minimum Gasteiger partial charge on any atom is -0.354 e. The van der Waals surface area contributed by atoms with Crippen molar-refractivity contribution in [2.24, 2.45) is 0 Å². The molecule has 3 N–H and O–H groups in total. The van der Waals surface area contributed by atoms with Crippen molar-refractivity contribution in [1.29, 1.82) is 0 Å². The average Bonchev–Trinajstić information content (AvgIpc) is 3.17. The van der Waals surface area contributed by atoms with E-state index in [9.17, 15) is 9.59 Å². The van der Waals surface area contributed by atoms with Crippen LogP contribution in [-0.2, 0) is 9.47 Å². The molecule has 0 aliphatic heterocycles. The fourth-order valence-corrected chi connectivity index (χ4v) is 2.80. The van der Waals surface area contributed by atoms with Gasteiger partial charge in [-0.05, 0) is 48.5 Å². The second kappa shape index (κ2) is 12.3. The van der Waals surface area contributed by atoms with Crippen LogP contribution >= 0.6 is 31.9 Å². The van der Waals surface area contributed by atoms with E-state index < -0.39 is 6.29 Å². The Morgan fingerprint density at radius 3 is 2.10 bits per heavy atom. The van der Waals surface area contributed by atoms with E-state index in [4.69, 9.17) is 9.47 Å². The highest BCUT2D eigenvalue weighted by Gasteiger charge is 2.07. The Balaban J connectivity index is 0.000000220. The number of halogens is 2. The third-order valence-corrected chi connectivity index (χ3v) is 4.87. The van der Waals surface area contributed by atoms with Gasteiger partial charge in [0, 0.05) is 41.2 Å². The molecule has 10 heteroatoms. The van der Waals surface area contributed by atoms with Crippen LogP contribution in [0.2, 0.25) is 0 Å². The first kappa shape index (κ1) is 23.9. The predicted octanol–water partition coefficient (Wildman–Crippen LogP) is 4.12. The number of imidazole rings is 1. The number of carbonyl (C=O) groups excluding carboxylic acids is 1. The molecule has 0 atom stereocenters. The Bertz CT molecular complexity index is 967. The number of hydrogen-bond acceptors (Lipinski definition) is 4. The van der Waals surface area contributed by atoms with Gasteiger partial charge in [-0.3, -0.25) is 4.57 Å². The number of carbonyl (C=O) groups is 1. The quantitative estimate of drug-likeness (QED) is 0.409. The Morgan fingerprint density at radius 2 is 1.60 bits per heavy atom. The number of benzene rings is 2. The SMILES string of the molecule is COC(CNC(=O)Nc1ccc(Br)cc1)OC.O=c1[nH]ccn1-c1ccc(Br)cc1. The first-order valence-corrected chi connectivity index (χ1v) is 10.4. The van der Waals surface area contributed by atoms with Crippen LogP contribution in [0, 0.1) is 0 Å². The lowest BCUT2D eigenvalue weighted by atomic mass is 10.3. The zero-order chi connectivity index (χ0) is 21.9. The molecule has 0 bridgehead atoms. The van der Waals surface area contributed by atoms with E-state index in [1.54, 1.807) is 29.1 Å². The van der Waals surface area contributed by atoms with Gasteiger partial charge in [-0.25, -0.2) is 9.59 Å². The highest BCUT2D eigenvalue weighted by Crippen LogP contribution is 2.14. The van der Waals surface area contributed by atoms with Gasteiger partial charge in [0.2, 0.25) is 0 Å². The van der Waals surface area contributed by atoms with Crippen LogP contribution in [0.3, 0.4) is 0 Å². The molecule has 30 heavy (non-hydrogen) atoms. The summed E-state index contributed by atoms with van der Waals surface area (Å²) in [4.78, 5) is 25.3. The summed E-state index contributed by atoms with van der Waals surface area (Å²) in [6, 6.07) is 14.5. The number of aromatic amines is 1. The van der Waals surface area contributed by atoms with Crippen molar-refractivity contribution in [3.05, 3.63) is 80.4 Å². The topological polar surface area (TPSA) is 97.4 Å². The van der Waals surface area contributed by atoms with E-state index in [0.29, 0.717) is 0 Å². The van der Waals surface area contributed by atoms with Gasteiger partial charge >= 0.3 is 11.7 Å². The van der Waals surface area contributed by atoms with Crippen LogP contribution in [0.4, 0.5) is 10.5 Å². The van der Waals surface area contributed by atoms with Gasteiger partial charge in [0.25, 0.3) is 0 Å². The maximum absolute atomic E-state index is 11.5. The number of ether oxygens (including phenoxy) is 2. The Kier molecular flexibility index (Phi) is 9.81. The number of nitrogens with zero attached hydrogens (tertiary/aromatic N) is 1. The largest absolute Gasteiger partial charge is 0.354 e. The van der Waals surface area contributed by atoms with Crippen molar-refractivity contribution in [3.8, 4) is 5.69 Å². The van der Waals surface area contributed by atoms with Crippen LogP contribution in [0.5, 0.6) is 0 Å². The molecule has 0 saturated heterocycles. The molecule has 0 fully saturated rings. The summed E-state index contributed by atoms with van der Waals surface area (Å²) in [5.41, 5.74) is 1.45. The highest BCUT2D eigenvalue weighted by molar-refractivity contribution is 9.10. The molecule has 0 unspecified atom stereocenters. The number of aromatic nitrogens is 2. The second-order valence-corrected chi connectivity index (χ2v) is 7.69. The Hall–Kier alpha value is -2.40. The minimum atomic E-state index is -0.439. The second-order valence-electron chi connectivity index (χ2n) is 5.85. The van der Waals surface area contributed by atoms with E-state index in [2.05, 4.69) is 47.5 Å². The van der Waals surface area contributed by atoms with Gasteiger partial charge in [-0.15, -0.1) is 0 Å². The standard InChI is InChI=1S/C11H15BrN2O3.C9H7BrN2O/c1-16-10(17-2)7-13-11(15)14-9-5-3-8(12)4-6-9;10-7-1-3-8(4-2-7)12-6-5-11-9(12)13/h3-6,10H,7H2,1-2H3,(H2,13,14,15);1-6H,(H,11,13). The molecule has 0 saturated carbocycles. The van der Waals surface area contributed by atoms with Crippen molar-refractivity contribution in [2.45, 2.75) is 6.29 Å². The Morgan fingerprint density at radius 1 is 1.03 bits per heavy atom. The number of methoxy groups -OCH3 is 2. The van der Waals surface area contributed by atoms with Crippen molar-refractivity contribution in [2.75, 3.05) is 26.1 Å². The minimum absolute atomic E-state index is 0.123. The van der Waals surface area contributed by atoms with E-state index in [0.717, 1.165) is 20.3 Å². The van der Waals surface area contributed by atoms with E-state index >= 15 is 0 Å². The number of rotatable bonds is 6. The summed E-state index contributed by atoms with van der Waals surface area (Å²) in [5, 5.41) is 5.33. The summed E-state index contributed by atoms with van der Waals surface area (Å²) in [6.07, 6.45) is 2.88. The molecule has 0 radical (unpaired) electrons. The fourth-order valence-electron chi connectivity index (χ4n) is 2.27. The smallest absolute Gasteiger partial charge is 0.330 e. The molecule has 2 amide bonds. The van der Waals surface area contributed by atoms with Gasteiger partial charge in [-0.2, -0.15) is 0 Å². The lowest BCUT2D eigenvalue weighted by molar-refractivity contribution is -0.0970. The predicted molar refractivity (Wildman–Crippen MR) is 123 cm³/mol. The molecule has 3 aromatic rings. The molecule has 1 aromatic heterocycles. The third kappa shape index (κ3) is 7.79. The highest BCUT2D eigenvalue weighted by atomic mass is 79.9. The summed E-state index contributed by atoms with van der Waals surface area (Å²) in [5.74, 6) is 0. The zero-order valence-electron chi connectivity index (χ0n) is 16.4. The molecule has 0 aliphatic rings. The van der Waals surface area contributed by atoms with Crippen LogP contribution in [0.25, 0.3) is 5.69 Å². The summed E-state index contributed by atoms with van der Waals surface area (Å²) >= 11 is 6.65. The first-order valence-electron chi connectivity index (χ1n) is 8.81. The zero-order valence-corrected chi connectivity index (χ0v) is 19.6. The summed E-state index contributed by atoms with van der Waals surface area (Å²) in [7, 11) is 3.03. The molecule has 2 aromatic carbocycles. The first-order chi connectivity index (χ1) is 14.4. The lowest BCUT2D eigenvalue weighted by Crippen LogP contribution is -2.36. The van der Waals surface area contributed by atoms with E-state index in [1.165, 1.54) is 14.2 Å². The number of anilines is 1. The van der Waals surface area contributed by atoms with Crippen molar-refractivity contribution in [3.63, 3.8) is 0 Å². The van der Waals surface area contributed by atoms with Crippen molar-refractivity contribution in [1.82, 2.24) is 14.9 Å². The average molecular weight is 542 g/mol. The summed E-state index contributed by atoms with van der Waals surface area (Å²) < 4.78 is 13.4. The van der Waals surface area contributed by atoms with Crippen LogP contribution in [-0.4, -0.2) is 42.6 Å². The number of nitrogens with one attached hydrogen (secondary N) is 3. The molecule has 8 nitrogen and oxygen atoms in total. The molecule has 1 heterocycles. The van der Waals surface area contributed by atoms with Crippen LogP contribution in [0.15, 0.2) is 74.7 Å². The van der Waals surface area contributed by atoms with Gasteiger partial charge in [0.15, 0.2) is 6.29 Å². The maximum Gasteiger partial charge on any atom is 0.330 e. The van der Waals surface area contributed by atoms with E-state index in [-0.39, 0.29) is 18.3 Å². The molecule has 3 rings (SSSR count). The molecule has 0 spiro atoms. The van der Waals surface area contributed by atoms with Crippen molar-refractivity contribution >= 4 is 43.6 Å². The number of hydrogen-bond donors (Lipinski definition) is 3. The van der Waals surface area contributed by atoms with Gasteiger partial charge in [0.1, 0.15) is 0 Å². The van der Waals surface area contributed by atoms with Gasteiger partial charge in [-0.1, -0.05) is 31.9 Å².